The minimum absolute atomic E-state index is 0.0178. The molecular weight excluding hydrogens is 210 g/mol. The smallest absolute Gasteiger partial charge is 0.328 e. The van der Waals surface area contributed by atoms with Gasteiger partial charge in [0.15, 0.2) is 0 Å². The Balaban J connectivity index is 2.11. The normalized spacial score (nSPS) is 29.2. The lowest BCUT2D eigenvalue weighted by Crippen LogP contribution is -2.49. The third-order valence-corrected chi connectivity index (χ3v) is 3.16. The fourth-order valence-corrected chi connectivity index (χ4v) is 2.53. The molecule has 2 atom stereocenters. The van der Waals surface area contributed by atoms with Crippen LogP contribution < -0.4 is 0 Å². The molecule has 16 heavy (non-hydrogen) atoms. The molecule has 0 aliphatic carbocycles. The molecule has 5 heteroatoms. The van der Waals surface area contributed by atoms with Crippen LogP contribution in [0.4, 0.5) is 0 Å². The van der Waals surface area contributed by atoms with E-state index in [-0.39, 0.29) is 30.1 Å². The van der Waals surface area contributed by atoms with Gasteiger partial charge in [-0.1, -0.05) is 0 Å². The number of fused-ring (bicyclic) bond motifs is 1. The zero-order chi connectivity index (χ0) is 11.7. The van der Waals surface area contributed by atoms with Crippen LogP contribution in [0.2, 0.25) is 0 Å². The quantitative estimate of drug-likeness (QED) is 0.500. The number of nitrogens with zero attached hydrogens (tertiary/aromatic N) is 1. The summed E-state index contributed by atoms with van der Waals surface area (Å²) in [5.74, 6) is -0.583. The lowest BCUT2D eigenvalue weighted by atomic mass is 10.0. The van der Waals surface area contributed by atoms with Crippen molar-refractivity contribution in [2.45, 2.75) is 44.7 Å². The van der Waals surface area contributed by atoms with Gasteiger partial charge in [0.25, 0.3) is 0 Å². The molecule has 88 valence electrons. The molecule has 0 aromatic heterocycles. The molecule has 5 nitrogen and oxygen atoms in total. The molecule has 0 aromatic rings. The van der Waals surface area contributed by atoms with Crippen molar-refractivity contribution in [3.63, 3.8) is 0 Å². The molecule has 0 spiro atoms. The number of amides is 1. The molecule has 0 N–H and O–H groups in total. The van der Waals surface area contributed by atoms with Gasteiger partial charge in [-0.15, -0.1) is 0 Å². The summed E-state index contributed by atoms with van der Waals surface area (Å²) < 4.78 is 4.93. The van der Waals surface area contributed by atoms with Gasteiger partial charge in [0.2, 0.25) is 5.91 Å². The monoisotopic (exact) mass is 225 g/mol. The Morgan fingerprint density at radius 1 is 1.44 bits per heavy atom. The van der Waals surface area contributed by atoms with Crippen molar-refractivity contribution in [1.82, 2.24) is 4.90 Å². The first-order chi connectivity index (χ1) is 7.63. The summed E-state index contributed by atoms with van der Waals surface area (Å²) in [6.45, 7) is 2.06. The number of piperidine rings is 1. The maximum Gasteiger partial charge on any atom is 0.328 e. The Hall–Kier alpha value is -1.39. The van der Waals surface area contributed by atoms with Crippen LogP contribution in [0.3, 0.4) is 0 Å². The molecule has 2 fully saturated rings. The number of rotatable bonds is 2. The lowest BCUT2D eigenvalue weighted by molar-refractivity contribution is -0.157. The Kier molecular flexibility index (Phi) is 2.94. The van der Waals surface area contributed by atoms with Crippen LogP contribution >= 0.6 is 0 Å². The lowest BCUT2D eigenvalue weighted by Gasteiger charge is -2.32. The first-order valence-electron chi connectivity index (χ1n) is 5.63. The number of carbonyl (C=O) groups excluding carboxylic acids is 3. The second-order valence-corrected chi connectivity index (χ2v) is 4.22. The molecular formula is C11H15NO4. The van der Waals surface area contributed by atoms with Gasteiger partial charge >= 0.3 is 5.97 Å². The van der Waals surface area contributed by atoms with E-state index in [1.165, 1.54) is 0 Å². The molecule has 2 aliphatic rings. The van der Waals surface area contributed by atoms with Crippen molar-refractivity contribution in [1.29, 1.82) is 0 Å². The van der Waals surface area contributed by atoms with Gasteiger partial charge in [0.05, 0.1) is 13.0 Å². The van der Waals surface area contributed by atoms with Crippen molar-refractivity contribution in [3.05, 3.63) is 0 Å². The van der Waals surface area contributed by atoms with Crippen LogP contribution in [0.1, 0.15) is 32.6 Å². The summed E-state index contributed by atoms with van der Waals surface area (Å²) in [6.07, 6.45) is 1.66. The second-order valence-electron chi connectivity index (χ2n) is 4.22. The van der Waals surface area contributed by atoms with E-state index in [1.807, 2.05) is 0 Å². The van der Waals surface area contributed by atoms with Gasteiger partial charge < -0.3 is 9.64 Å². The van der Waals surface area contributed by atoms with E-state index >= 15 is 0 Å². The zero-order valence-corrected chi connectivity index (χ0v) is 9.27. The van der Waals surface area contributed by atoms with E-state index in [0.29, 0.717) is 19.4 Å². The van der Waals surface area contributed by atoms with Crippen molar-refractivity contribution in [2.24, 2.45) is 0 Å². The van der Waals surface area contributed by atoms with Gasteiger partial charge in [-0.2, -0.15) is 0 Å². The number of ether oxygens (including phenoxy) is 1. The van der Waals surface area contributed by atoms with Crippen molar-refractivity contribution < 1.29 is 19.1 Å². The summed E-state index contributed by atoms with van der Waals surface area (Å²) in [5, 5.41) is 0. The Morgan fingerprint density at radius 3 is 2.88 bits per heavy atom. The van der Waals surface area contributed by atoms with Crippen LogP contribution in [-0.2, 0) is 19.1 Å². The Labute approximate surface area is 93.7 Å². The van der Waals surface area contributed by atoms with Crippen LogP contribution in [0.15, 0.2) is 0 Å². The van der Waals surface area contributed by atoms with Crippen LogP contribution in [-0.4, -0.2) is 41.3 Å². The van der Waals surface area contributed by atoms with Gasteiger partial charge in [-0.25, -0.2) is 4.79 Å². The van der Waals surface area contributed by atoms with Crippen molar-refractivity contribution in [3.8, 4) is 0 Å². The van der Waals surface area contributed by atoms with E-state index in [1.54, 1.807) is 11.8 Å². The SMILES string of the molecule is CCOC(=O)[C@@H]1CC[C@@H]2CC(=O)CC(=O)N21. The Morgan fingerprint density at radius 2 is 2.19 bits per heavy atom. The fraction of sp³-hybridized carbons (Fsp3) is 0.727. The van der Waals surface area contributed by atoms with E-state index in [9.17, 15) is 14.4 Å². The predicted octanol–water partition coefficient (Wildman–Crippen LogP) is 0.272. The van der Waals surface area contributed by atoms with E-state index in [0.717, 1.165) is 6.42 Å². The van der Waals surface area contributed by atoms with Crippen LogP contribution in [0, 0.1) is 0 Å². The van der Waals surface area contributed by atoms with E-state index in [4.69, 9.17) is 4.74 Å². The minimum Gasteiger partial charge on any atom is -0.464 e. The molecule has 0 unspecified atom stereocenters. The fourth-order valence-electron chi connectivity index (χ4n) is 2.53. The first-order valence-corrected chi connectivity index (χ1v) is 5.63. The standard InChI is InChI=1S/C11H15NO4/c1-2-16-11(15)9-4-3-7-5-8(13)6-10(14)12(7)9/h7,9H,2-6H2,1H3/t7-,9+/m1/s1. The number of esters is 1. The first kappa shape index (κ1) is 11.1. The number of Topliss-reactive ketones (excluding diaryl/α,β-unsaturated/α-hetero) is 1. The molecule has 0 saturated carbocycles. The largest absolute Gasteiger partial charge is 0.464 e. The number of ketones is 1. The highest BCUT2D eigenvalue weighted by Crippen LogP contribution is 2.31. The highest BCUT2D eigenvalue weighted by Gasteiger charge is 2.45. The van der Waals surface area contributed by atoms with Crippen molar-refractivity contribution >= 4 is 17.7 Å². The molecule has 0 radical (unpaired) electrons. The topological polar surface area (TPSA) is 63.7 Å². The zero-order valence-electron chi connectivity index (χ0n) is 9.27. The highest BCUT2D eigenvalue weighted by molar-refractivity contribution is 6.02. The maximum atomic E-state index is 11.7. The average molecular weight is 225 g/mol. The third kappa shape index (κ3) is 1.81. The maximum absolute atomic E-state index is 11.7. The minimum atomic E-state index is -0.467. The molecule has 2 aliphatic heterocycles. The van der Waals surface area contributed by atoms with E-state index < -0.39 is 6.04 Å². The van der Waals surface area contributed by atoms with Crippen LogP contribution in [0.25, 0.3) is 0 Å². The van der Waals surface area contributed by atoms with Gasteiger partial charge in [-0.3, -0.25) is 9.59 Å². The molecule has 0 aromatic carbocycles. The highest BCUT2D eigenvalue weighted by atomic mass is 16.5. The van der Waals surface area contributed by atoms with Gasteiger partial charge in [0.1, 0.15) is 11.8 Å². The molecule has 1 amide bonds. The van der Waals surface area contributed by atoms with Crippen molar-refractivity contribution in [2.75, 3.05) is 6.61 Å². The number of hydrogen-bond donors (Lipinski definition) is 0. The second kappa shape index (κ2) is 4.23. The average Bonchev–Trinajstić information content (AvgIpc) is 2.61. The van der Waals surface area contributed by atoms with E-state index in [2.05, 4.69) is 0 Å². The number of hydrogen-bond acceptors (Lipinski definition) is 4. The molecule has 2 saturated heterocycles. The summed E-state index contributed by atoms with van der Waals surface area (Å²) in [5.41, 5.74) is 0. The summed E-state index contributed by atoms with van der Waals surface area (Å²) in [6, 6.07) is -0.547. The van der Waals surface area contributed by atoms with Gasteiger partial charge in [-0.05, 0) is 19.8 Å². The molecule has 2 rings (SSSR count). The van der Waals surface area contributed by atoms with Crippen LogP contribution in [0.5, 0.6) is 0 Å². The summed E-state index contributed by atoms with van der Waals surface area (Å²) >= 11 is 0. The molecule has 0 bridgehead atoms. The molecule has 2 heterocycles. The Bertz CT molecular complexity index is 339. The number of carbonyl (C=O) groups is 3. The summed E-state index contributed by atoms with van der Waals surface area (Å²) in [4.78, 5) is 36.1. The van der Waals surface area contributed by atoms with Gasteiger partial charge in [0, 0.05) is 12.5 Å². The predicted molar refractivity (Wildman–Crippen MR) is 54.5 cm³/mol. The third-order valence-electron chi connectivity index (χ3n) is 3.16. The summed E-state index contributed by atoms with van der Waals surface area (Å²) in [7, 11) is 0.